The molecular formula is C17H15F3N4O2S2. The van der Waals surface area contributed by atoms with Crippen molar-refractivity contribution in [1.29, 1.82) is 0 Å². The molecule has 1 unspecified atom stereocenters. The molecule has 2 aromatic heterocycles. The van der Waals surface area contributed by atoms with Gasteiger partial charge in [-0.25, -0.2) is 0 Å². The molecule has 0 spiro atoms. The van der Waals surface area contributed by atoms with E-state index in [1.54, 1.807) is 11.5 Å². The third-order valence-electron chi connectivity index (χ3n) is 3.74. The Morgan fingerprint density at radius 3 is 2.68 bits per heavy atom. The van der Waals surface area contributed by atoms with Crippen LogP contribution in [0, 0.1) is 4.77 Å². The number of hydrogen-bond acceptors (Lipinski definition) is 5. The predicted molar refractivity (Wildman–Crippen MR) is 102 cm³/mol. The Balaban J connectivity index is 1.70. The monoisotopic (exact) mass is 428 g/mol. The van der Waals surface area contributed by atoms with Crippen LogP contribution < -0.4 is 10.1 Å². The molecule has 148 valence electrons. The molecule has 28 heavy (non-hydrogen) atoms. The maximum Gasteiger partial charge on any atom is 0.422 e. The number of aromatic amines is 1. The highest BCUT2D eigenvalue weighted by atomic mass is 32.1. The summed E-state index contributed by atoms with van der Waals surface area (Å²) in [6.07, 6.45) is -4.41. The van der Waals surface area contributed by atoms with Crippen molar-refractivity contribution in [2.75, 3.05) is 11.9 Å². The van der Waals surface area contributed by atoms with E-state index in [0.29, 0.717) is 16.3 Å². The van der Waals surface area contributed by atoms with E-state index in [-0.39, 0.29) is 11.7 Å². The summed E-state index contributed by atoms with van der Waals surface area (Å²) < 4.78 is 43.1. The lowest BCUT2D eigenvalue weighted by Gasteiger charge is -2.15. The fourth-order valence-corrected chi connectivity index (χ4v) is 3.41. The minimum Gasteiger partial charge on any atom is -0.484 e. The number of amides is 1. The summed E-state index contributed by atoms with van der Waals surface area (Å²) in [6.45, 7) is 0.304. The molecule has 3 aromatic rings. The van der Waals surface area contributed by atoms with E-state index in [4.69, 9.17) is 12.2 Å². The lowest BCUT2D eigenvalue weighted by atomic mass is 10.2. The SMILES string of the molecule is CC(C(=O)Nc1ccc(OCC(F)(F)F)cc1)n1c(-c2cccs2)n[nH]c1=S. The van der Waals surface area contributed by atoms with E-state index >= 15 is 0 Å². The van der Waals surface area contributed by atoms with Gasteiger partial charge in [0.15, 0.2) is 17.2 Å². The first-order valence-corrected chi connectivity index (χ1v) is 9.34. The molecule has 2 N–H and O–H groups in total. The van der Waals surface area contributed by atoms with Gasteiger partial charge in [0.25, 0.3) is 0 Å². The van der Waals surface area contributed by atoms with Crippen LogP contribution in [0.5, 0.6) is 5.75 Å². The second-order valence-electron chi connectivity index (χ2n) is 5.79. The smallest absolute Gasteiger partial charge is 0.422 e. The topological polar surface area (TPSA) is 71.9 Å². The van der Waals surface area contributed by atoms with E-state index in [1.807, 2.05) is 17.5 Å². The highest BCUT2D eigenvalue weighted by Crippen LogP contribution is 2.26. The number of ether oxygens (including phenoxy) is 1. The van der Waals surface area contributed by atoms with Crippen molar-refractivity contribution in [3.8, 4) is 16.5 Å². The molecule has 0 aliphatic rings. The minimum absolute atomic E-state index is 0.0559. The van der Waals surface area contributed by atoms with Gasteiger partial charge in [0.2, 0.25) is 5.91 Å². The van der Waals surface area contributed by atoms with Crippen LogP contribution in [-0.4, -0.2) is 33.5 Å². The molecular weight excluding hydrogens is 413 g/mol. The summed E-state index contributed by atoms with van der Waals surface area (Å²) in [4.78, 5) is 13.5. The van der Waals surface area contributed by atoms with Gasteiger partial charge in [0.1, 0.15) is 11.8 Å². The van der Waals surface area contributed by atoms with Crippen LogP contribution >= 0.6 is 23.6 Å². The van der Waals surface area contributed by atoms with E-state index in [9.17, 15) is 18.0 Å². The van der Waals surface area contributed by atoms with Crippen molar-refractivity contribution in [2.45, 2.75) is 19.1 Å². The molecule has 1 amide bonds. The number of nitrogens with one attached hydrogen (secondary N) is 2. The highest BCUT2D eigenvalue weighted by molar-refractivity contribution is 7.71. The van der Waals surface area contributed by atoms with Crippen molar-refractivity contribution in [1.82, 2.24) is 14.8 Å². The number of aromatic nitrogens is 3. The number of carbonyl (C=O) groups excluding carboxylic acids is 1. The summed E-state index contributed by atoms with van der Waals surface area (Å²) in [5.41, 5.74) is 0.420. The van der Waals surface area contributed by atoms with Crippen LogP contribution in [0.1, 0.15) is 13.0 Å². The number of nitrogens with zero attached hydrogens (tertiary/aromatic N) is 2. The maximum absolute atomic E-state index is 12.6. The molecule has 11 heteroatoms. The number of thiophene rings is 1. The highest BCUT2D eigenvalue weighted by Gasteiger charge is 2.28. The van der Waals surface area contributed by atoms with Crippen LogP contribution in [0.15, 0.2) is 41.8 Å². The standard InChI is InChI=1S/C17H15F3N4O2S2/c1-10(24-14(22-23-16(24)27)13-3-2-8-28-13)15(25)21-11-4-6-12(7-5-11)26-9-17(18,19)20/h2-8,10H,9H2,1H3,(H,21,25)(H,23,27). The fourth-order valence-electron chi connectivity index (χ4n) is 2.41. The number of halogens is 3. The van der Waals surface area contributed by atoms with E-state index < -0.39 is 18.8 Å². The Morgan fingerprint density at radius 1 is 1.36 bits per heavy atom. The van der Waals surface area contributed by atoms with E-state index in [2.05, 4.69) is 20.3 Å². The molecule has 0 aliphatic carbocycles. The molecule has 0 bridgehead atoms. The van der Waals surface area contributed by atoms with Gasteiger partial charge >= 0.3 is 6.18 Å². The van der Waals surface area contributed by atoms with Crippen molar-refractivity contribution in [2.24, 2.45) is 0 Å². The lowest BCUT2D eigenvalue weighted by Crippen LogP contribution is -2.24. The zero-order valence-electron chi connectivity index (χ0n) is 14.5. The second kappa shape index (κ2) is 8.15. The van der Waals surface area contributed by atoms with Crippen LogP contribution in [0.25, 0.3) is 10.7 Å². The zero-order valence-corrected chi connectivity index (χ0v) is 16.1. The predicted octanol–water partition coefficient (Wildman–Crippen LogP) is 4.81. The molecule has 0 aliphatic heterocycles. The van der Waals surface area contributed by atoms with Gasteiger partial charge in [-0.1, -0.05) is 6.07 Å². The summed E-state index contributed by atoms with van der Waals surface area (Å²) in [7, 11) is 0. The average molecular weight is 428 g/mol. The molecule has 0 fully saturated rings. The second-order valence-corrected chi connectivity index (χ2v) is 7.13. The van der Waals surface area contributed by atoms with Crippen molar-refractivity contribution < 1.29 is 22.7 Å². The Labute approximate surface area is 167 Å². The first-order chi connectivity index (χ1) is 13.2. The third kappa shape index (κ3) is 4.78. The number of H-pyrrole nitrogens is 1. The quantitative estimate of drug-likeness (QED) is 0.553. The molecule has 1 atom stereocenters. The number of hydrogen-bond donors (Lipinski definition) is 2. The number of anilines is 1. The van der Waals surface area contributed by atoms with Crippen LogP contribution in [0.3, 0.4) is 0 Å². The summed E-state index contributed by atoms with van der Waals surface area (Å²) in [6, 6.07) is 8.71. The van der Waals surface area contributed by atoms with Crippen LogP contribution in [0.2, 0.25) is 0 Å². The van der Waals surface area contributed by atoms with Gasteiger partial charge in [-0.3, -0.25) is 14.5 Å². The molecule has 3 rings (SSSR count). The van der Waals surface area contributed by atoms with Gasteiger partial charge < -0.3 is 10.1 Å². The third-order valence-corrected chi connectivity index (χ3v) is 4.89. The van der Waals surface area contributed by atoms with E-state index in [0.717, 1.165) is 4.88 Å². The molecule has 1 aromatic carbocycles. The summed E-state index contributed by atoms with van der Waals surface area (Å²) >= 11 is 6.71. The number of carbonyl (C=O) groups is 1. The number of benzene rings is 1. The Morgan fingerprint density at radius 2 is 2.07 bits per heavy atom. The maximum atomic E-state index is 12.6. The number of rotatable bonds is 6. The Bertz CT molecular complexity index is 995. The van der Waals surface area contributed by atoms with Gasteiger partial charge in [-0.05, 0) is 54.9 Å². The van der Waals surface area contributed by atoms with Crippen molar-refractivity contribution in [3.63, 3.8) is 0 Å². The summed E-state index contributed by atoms with van der Waals surface area (Å²) in [5, 5.41) is 11.5. The minimum atomic E-state index is -4.41. The molecule has 6 nitrogen and oxygen atoms in total. The normalized spacial score (nSPS) is 12.6. The molecule has 0 radical (unpaired) electrons. The zero-order chi connectivity index (χ0) is 20.3. The van der Waals surface area contributed by atoms with Gasteiger partial charge in [0, 0.05) is 5.69 Å². The molecule has 2 heterocycles. The van der Waals surface area contributed by atoms with Gasteiger partial charge in [-0.15, -0.1) is 11.3 Å². The van der Waals surface area contributed by atoms with E-state index in [1.165, 1.54) is 35.6 Å². The lowest BCUT2D eigenvalue weighted by molar-refractivity contribution is -0.153. The van der Waals surface area contributed by atoms with Crippen LogP contribution in [-0.2, 0) is 4.79 Å². The average Bonchev–Trinajstić information content (AvgIpc) is 3.29. The Hall–Kier alpha value is -2.66. The summed E-state index contributed by atoms with van der Waals surface area (Å²) in [5.74, 6) is 0.262. The van der Waals surface area contributed by atoms with Crippen molar-refractivity contribution >= 4 is 35.1 Å². The van der Waals surface area contributed by atoms with Gasteiger partial charge in [-0.2, -0.15) is 18.3 Å². The first kappa shape index (κ1) is 20.1. The fraction of sp³-hybridized carbons (Fsp3) is 0.235. The molecule has 0 saturated carbocycles. The van der Waals surface area contributed by atoms with Crippen LogP contribution in [0.4, 0.5) is 18.9 Å². The molecule has 0 saturated heterocycles. The first-order valence-electron chi connectivity index (χ1n) is 8.06. The number of alkyl halides is 3. The van der Waals surface area contributed by atoms with Crippen molar-refractivity contribution in [3.05, 3.63) is 46.5 Å². The Kier molecular flexibility index (Phi) is 5.84. The largest absolute Gasteiger partial charge is 0.484 e. The van der Waals surface area contributed by atoms with Gasteiger partial charge in [0.05, 0.1) is 4.88 Å².